The van der Waals surface area contributed by atoms with E-state index in [9.17, 15) is 81.6 Å². The molecule has 1 aliphatic carbocycles. The Morgan fingerprint density at radius 3 is 1.57 bits per heavy atom. The van der Waals surface area contributed by atoms with Gasteiger partial charge in [0.05, 0.1) is 32.3 Å². The minimum Gasteiger partial charge on any atom is -0.506 e. The van der Waals surface area contributed by atoms with E-state index in [0.29, 0.717) is 49.1 Å². The van der Waals surface area contributed by atoms with Crippen molar-refractivity contribution in [1.29, 1.82) is 0 Å². The van der Waals surface area contributed by atoms with E-state index in [1.807, 2.05) is 0 Å². The smallest absolute Gasteiger partial charge is 0.303 e. The van der Waals surface area contributed by atoms with Gasteiger partial charge >= 0.3 is 11.9 Å². The summed E-state index contributed by atoms with van der Waals surface area (Å²) in [5.74, 6) is -3.24. The minimum absolute atomic E-state index is 0.00564. The van der Waals surface area contributed by atoms with E-state index in [4.69, 9.17) is 4.99 Å². The first-order valence-corrected chi connectivity index (χ1v) is 26.6. The molecule has 3 aliphatic rings. The average molecular weight is 1020 g/mol. The van der Waals surface area contributed by atoms with Crippen LogP contribution in [-0.2, 0) is 65.7 Å². The second-order valence-corrected chi connectivity index (χ2v) is 22.9. The van der Waals surface area contributed by atoms with Crippen molar-refractivity contribution in [1.82, 2.24) is 0 Å². The van der Waals surface area contributed by atoms with E-state index in [2.05, 4.69) is 5.32 Å². The normalized spacial score (nSPS) is 20.7. The van der Waals surface area contributed by atoms with Crippen LogP contribution in [0.5, 0.6) is 0 Å². The third-order valence-electron chi connectivity index (χ3n) is 12.7. The number of rotatable bonds is 18. The number of aliphatic imine (C=N–C) groups is 1. The van der Waals surface area contributed by atoms with Crippen molar-refractivity contribution in [2.24, 2.45) is 4.99 Å². The molecule has 2 heterocycles. The minimum atomic E-state index is -5.09. The number of carbonyl (C=O) groups is 3. The van der Waals surface area contributed by atoms with Gasteiger partial charge in [0.1, 0.15) is 15.6 Å². The summed E-state index contributed by atoms with van der Waals surface area (Å²) in [5.41, 5.74) is -1.51. The van der Waals surface area contributed by atoms with Crippen LogP contribution in [0.4, 0.5) is 11.4 Å². The predicted octanol–water partition coefficient (Wildman–Crippen LogP) is 6.98. The Balaban J connectivity index is 1.35. The fourth-order valence-corrected chi connectivity index (χ4v) is 12.1. The Morgan fingerprint density at radius 2 is 1.10 bits per heavy atom. The number of aliphatic hydroxyl groups excluding tert-OH is 1. The molecule has 2 atom stereocenters. The topological polar surface area (TPSA) is 354 Å². The maximum atomic E-state index is 14.2. The molecule has 0 aromatic heterocycles. The number of Topliss-reactive ketones (excluding diaryl/α,β-unsaturated/α-hetero) is 1. The van der Waals surface area contributed by atoms with Gasteiger partial charge in [-0.05, 0) is 110 Å². The molecule has 8 N–H and O–H groups in total. The van der Waals surface area contributed by atoms with Gasteiger partial charge < -0.3 is 20.6 Å². The van der Waals surface area contributed by atoms with Gasteiger partial charge in [0.25, 0.3) is 40.5 Å². The van der Waals surface area contributed by atoms with Gasteiger partial charge in [-0.15, -0.1) is 0 Å². The van der Waals surface area contributed by atoms with E-state index in [0.717, 1.165) is 12.1 Å². The lowest BCUT2D eigenvalue weighted by molar-refractivity contribution is -0.138. The molecular weight excluding hydrogens is 973 g/mol. The van der Waals surface area contributed by atoms with Crippen molar-refractivity contribution in [3.8, 4) is 0 Å². The molecule has 0 amide bonds. The molecule has 24 heteroatoms. The van der Waals surface area contributed by atoms with Crippen molar-refractivity contribution in [3.63, 3.8) is 0 Å². The number of nitrogens with zero attached hydrogens (tertiary/aromatic N) is 1. The lowest BCUT2D eigenvalue weighted by Gasteiger charge is -2.30. The summed E-state index contributed by atoms with van der Waals surface area (Å²) >= 11 is 0. The number of hydrogen-bond acceptors (Lipinski definition) is 14. The number of ketones is 1. The molecule has 4 aromatic rings. The molecule has 68 heavy (non-hydrogen) atoms. The number of hydrogen-bond donors (Lipinski definition) is 8. The molecule has 0 saturated carbocycles. The van der Waals surface area contributed by atoms with Crippen molar-refractivity contribution >= 4 is 96.8 Å². The third kappa shape index (κ3) is 9.33. The zero-order chi connectivity index (χ0) is 50.1. The fraction of sp³-hybridized carbons (Fsp3) is 0.318. The second kappa shape index (κ2) is 17.6. The maximum absolute atomic E-state index is 14.2. The van der Waals surface area contributed by atoms with Gasteiger partial charge in [0.2, 0.25) is 5.78 Å². The monoisotopic (exact) mass is 1020 g/mol. The van der Waals surface area contributed by atoms with E-state index in [1.165, 1.54) is 36.4 Å². The predicted molar refractivity (Wildman–Crippen MR) is 245 cm³/mol. The lowest BCUT2D eigenvalue weighted by Crippen LogP contribution is -2.31. The number of anilines is 1. The van der Waals surface area contributed by atoms with Crippen LogP contribution >= 0.6 is 0 Å². The summed E-state index contributed by atoms with van der Waals surface area (Å²) < 4.78 is 140. The van der Waals surface area contributed by atoms with E-state index >= 15 is 0 Å². The maximum Gasteiger partial charge on any atom is 0.303 e. The van der Waals surface area contributed by atoms with Crippen LogP contribution < -0.4 is 5.32 Å². The van der Waals surface area contributed by atoms with Crippen molar-refractivity contribution in [2.75, 3.05) is 5.32 Å². The lowest BCUT2D eigenvalue weighted by atomic mass is 9.72. The van der Waals surface area contributed by atoms with Gasteiger partial charge in [-0.3, -0.25) is 37.6 Å². The molecule has 4 aromatic carbocycles. The third-order valence-corrected chi connectivity index (χ3v) is 16.2. The van der Waals surface area contributed by atoms with Crippen LogP contribution in [0.25, 0.3) is 21.5 Å². The van der Waals surface area contributed by atoms with Gasteiger partial charge in [-0.1, -0.05) is 37.8 Å². The van der Waals surface area contributed by atoms with Gasteiger partial charge in [-0.25, -0.2) is 0 Å². The zero-order valence-corrected chi connectivity index (χ0v) is 39.3. The number of allylic oxidation sites excluding steroid dienone is 5. The SMILES string of the molecule is CC1(CCCCCC(=O)O)C(/C=C2/C(=O)C(/C=C3\Nc4ccc5c(S(=O)(=O)O)cc(S(=O)(=O)O)cc5c4C3(C)CCCCCC(=O)O)=C2O)=Nc2ccc3c(S(=O)(=O)O)cc(S(=O)(=O)O)cc3c21. The van der Waals surface area contributed by atoms with Crippen molar-refractivity contribution in [2.45, 2.75) is 108 Å². The Bertz CT molecular complexity index is 3500. The molecular formula is C44H44N2O18S4. The first-order valence-electron chi connectivity index (χ1n) is 20.8. The number of benzene rings is 4. The van der Waals surface area contributed by atoms with Crippen LogP contribution in [0.1, 0.15) is 89.2 Å². The standard InChI is InChI=1S/C44H44N2O18S4/c1-43(15-7-3-5-9-37(47)48)35(45-31-13-11-25-27(39(31)43)17-23(65(53,54)55)19-33(25)67(59,60)61)21-29-41(51)30(42(29)52)22-36-44(2,16-8-4-6-10-38(49)50)40-28-18-24(66(56,57)58)20-34(68(62,63)64)26(28)12-14-32(40)46-36/h11-14,17-22,45,51H,3-10,15-16H2,1-2H3,(H,47,48)(H,49,50)(H,53,54,55)(H,56,57,58)(H,59,60,61)(H,62,63,64)/b30-22+,35-21-. The number of nitrogens with one attached hydrogen (secondary N) is 1. The average Bonchev–Trinajstić information content (AvgIpc) is 3.68. The highest BCUT2D eigenvalue weighted by Gasteiger charge is 2.45. The molecule has 0 bridgehead atoms. The molecule has 7 rings (SSSR count). The van der Waals surface area contributed by atoms with E-state index in [-0.39, 0.29) is 93.9 Å². The van der Waals surface area contributed by atoms with Gasteiger partial charge in [0, 0.05) is 45.8 Å². The highest BCUT2D eigenvalue weighted by molar-refractivity contribution is 7.87. The summed E-state index contributed by atoms with van der Waals surface area (Å²) in [5, 5.41) is 33.0. The highest BCUT2D eigenvalue weighted by Crippen LogP contribution is 2.53. The van der Waals surface area contributed by atoms with Gasteiger partial charge in [-0.2, -0.15) is 33.7 Å². The first kappa shape index (κ1) is 50.0. The highest BCUT2D eigenvalue weighted by atomic mass is 32.2. The summed E-state index contributed by atoms with van der Waals surface area (Å²) in [6, 6.07) is 8.73. The van der Waals surface area contributed by atoms with Crippen molar-refractivity contribution < 1.29 is 81.6 Å². The molecule has 0 fully saturated rings. The van der Waals surface area contributed by atoms with Gasteiger partial charge in [0.15, 0.2) is 0 Å². The first-order chi connectivity index (χ1) is 31.5. The number of aliphatic hydroxyl groups is 1. The number of unbranched alkanes of at least 4 members (excludes halogenated alkanes) is 4. The number of carboxylic acid groups (broad SMARTS) is 2. The van der Waals surface area contributed by atoms with Crippen LogP contribution in [0.2, 0.25) is 0 Å². The quantitative estimate of drug-likeness (QED) is 0.0283. The fourth-order valence-electron chi connectivity index (χ4n) is 9.39. The van der Waals surface area contributed by atoms with E-state index < -0.39 is 94.4 Å². The zero-order valence-electron chi connectivity index (χ0n) is 36.0. The Kier molecular flexibility index (Phi) is 12.9. The van der Waals surface area contributed by atoms with Crippen LogP contribution in [0.3, 0.4) is 0 Å². The summed E-state index contributed by atoms with van der Waals surface area (Å²) in [6.45, 7) is 3.36. The summed E-state index contributed by atoms with van der Waals surface area (Å²) in [4.78, 5) is 38.1. The van der Waals surface area contributed by atoms with Crippen molar-refractivity contribution in [3.05, 3.63) is 94.4 Å². The molecule has 0 radical (unpaired) electrons. The number of carboxylic acids is 2. The van der Waals surface area contributed by atoms with Crippen LogP contribution in [0, 0.1) is 0 Å². The molecule has 362 valence electrons. The summed E-state index contributed by atoms with van der Waals surface area (Å²) in [6.07, 6.45) is 4.77. The largest absolute Gasteiger partial charge is 0.506 e. The molecule has 2 aliphatic heterocycles. The Morgan fingerprint density at radius 1 is 0.618 bits per heavy atom. The summed E-state index contributed by atoms with van der Waals surface area (Å²) in [7, 11) is -20.3. The second-order valence-electron chi connectivity index (χ2n) is 17.3. The number of fused-ring (bicyclic) bond motifs is 6. The molecule has 0 saturated heterocycles. The number of aliphatic carboxylic acids is 2. The Labute approximate surface area is 389 Å². The van der Waals surface area contributed by atoms with E-state index in [1.54, 1.807) is 13.8 Å². The molecule has 20 nitrogen and oxygen atoms in total. The van der Waals surface area contributed by atoms with Crippen LogP contribution in [0.15, 0.2) is 108 Å². The van der Waals surface area contributed by atoms with Crippen LogP contribution in [-0.4, -0.2) is 90.6 Å². The number of carbonyl (C=O) groups excluding carboxylic acids is 1. The molecule has 2 unspecified atom stereocenters. The molecule has 0 spiro atoms. The Hall–Kier alpha value is -5.86.